The standard InChI is InChI=1S/C24H25N3O4/c1-25-24(29)18-7-9-20(10-8-18)27-23(28)17-26-19-11-13-22(14-12-19)31-16-15-30-21-5-3-2-4-6-21/h2-14,26H,15-17H2,1H3,(H,25,29)(H,27,28). The summed E-state index contributed by atoms with van der Waals surface area (Å²) in [4.78, 5) is 23.7. The lowest BCUT2D eigenvalue weighted by atomic mass is 10.2. The average Bonchev–Trinajstić information content (AvgIpc) is 2.82. The molecule has 0 aliphatic carbocycles. The Morgan fingerprint density at radius 1 is 0.742 bits per heavy atom. The monoisotopic (exact) mass is 419 g/mol. The number of rotatable bonds is 10. The van der Waals surface area contributed by atoms with Gasteiger partial charge in [-0.05, 0) is 60.7 Å². The highest BCUT2D eigenvalue weighted by Gasteiger charge is 2.05. The van der Waals surface area contributed by atoms with E-state index in [1.54, 1.807) is 31.3 Å². The maximum atomic E-state index is 12.1. The van der Waals surface area contributed by atoms with Gasteiger partial charge < -0.3 is 25.4 Å². The zero-order chi connectivity index (χ0) is 21.9. The quantitative estimate of drug-likeness (QED) is 0.438. The van der Waals surface area contributed by atoms with Gasteiger partial charge in [-0.25, -0.2) is 0 Å². The topological polar surface area (TPSA) is 88.7 Å². The Balaban J connectivity index is 1.37. The molecule has 7 heteroatoms. The predicted molar refractivity (Wildman–Crippen MR) is 121 cm³/mol. The molecule has 0 aliphatic heterocycles. The van der Waals surface area contributed by atoms with Crippen molar-refractivity contribution in [2.75, 3.05) is 37.4 Å². The molecule has 0 fully saturated rings. The van der Waals surface area contributed by atoms with Crippen molar-refractivity contribution in [3.63, 3.8) is 0 Å². The first-order valence-corrected chi connectivity index (χ1v) is 9.90. The third-order valence-electron chi connectivity index (χ3n) is 4.33. The van der Waals surface area contributed by atoms with Crippen molar-refractivity contribution >= 4 is 23.2 Å². The average molecular weight is 419 g/mol. The summed E-state index contributed by atoms with van der Waals surface area (Å²) in [7, 11) is 1.57. The van der Waals surface area contributed by atoms with Crippen LogP contribution in [0.3, 0.4) is 0 Å². The summed E-state index contributed by atoms with van der Waals surface area (Å²) in [5.74, 6) is 1.18. The zero-order valence-corrected chi connectivity index (χ0v) is 17.3. The van der Waals surface area contributed by atoms with Crippen molar-refractivity contribution in [1.82, 2.24) is 5.32 Å². The fourth-order valence-electron chi connectivity index (χ4n) is 2.74. The minimum atomic E-state index is -0.189. The normalized spacial score (nSPS) is 10.1. The smallest absolute Gasteiger partial charge is 0.251 e. The summed E-state index contributed by atoms with van der Waals surface area (Å²) in [6.07, 6.45) is 0. The van der Waals surface area contributed by atoms with Crippen LogP contribution in [0.2, 0.25) is 0 Å². The number of hydrogen-bond donors (Lipinski definition) is 3. The molecule has 0 bridgehead atoms. The zero-order valence-electron chi connectivity index (χ0n) is 17.3. The summed E-state index contributed by atoms with van der Waals surface area (Å²) in [6.45, 7) is 0.999. The van der Waals surface area contributed by atoms with Gasteiger partial charge in [-0.15, -0.1) is 0 Å². The Morgan fingerprint density at radius 3 is 1.94 bits per heavy atom. The summed E-state index contributed by atoms with van der Waals surface area (Å²) in [6, 6.07) is 23.6. The molecule has 0 radical (unpaired) electrons. The first-order chi connectivity index (χ1) is 15.1. The SMILES string of the molecule is CNC(=O)c1ccc(NC(=O)CNc2ccc(OCCOc3ccccc3)cc2)cc1. The molecule has 3 N–H and O–H groups in total. The molecular weight excluding hydrogens is 394 g/mol. The fourth-order valence-corrected chi connectivity index (χ4v) is 2.74. The number of nitrogens with one attached hydrogen (secondary N) is 3. The van der Waals surface area contributed by atoms with E-state index in [2.05, 4.69) is 16.0 Å². The van der Waals surface area contributed by atoms with E-state index in [1.807, 2.05) is 54.6 Å². The molecule has 0 unspecified atom stereocenters. The Kier molecular flexibility index (Phi) is 7.88. The van der Waals surface area contributed by atoms with Crippen molar-refractivity contribution in [2.24, 2.45) is 0 Å². The highest BCUT2D eigenvalue weighted by molar-refractivity contribution is 5.96. The molecule has 31 heavy (non-hydrogen) atoms. The molecule has 7 nitrogen and oxygen atoms in total. The molecule has 0 saturated carbocycles. The lowest BCUT2D eigenvalue weighted by molar-refractivity contribution is -0.114. The van der Waals surface area contributed by atoms with Gasteiger partial charge in [0.25, 0.3) is 5.91 Å². The second-order valence-electron chi connectivity index (χ2n) is 6.59. The number of amides is 2. The molecule has 0 saturated heterocycles. The minimum absolute atomic E-state index is 0.113. The van der Waals surface area contributed by atoms with E-state index in [0.717, 1.165) is 17.2 Å². The molecular formula is C24H25N3O4. The van der Waals surface area contributed by atoms with Crippen LogP contribution in [-0.4, -0.2) is 38.6 Å². The van der Waals surface area contributed by atoms with Crippen LogP contribution in [-0.2, 0) is 4.79 Å². The second-order valence-corrected chi connectivity index (χ2v) is 6.59. The number of carbonyl (C=O) groups excluding carboxylic acids is 2. The molecule has 2 amide bonds. The molecule has 3 aromatic rings. The molecule has 0 spiro atoms. The molecule has 160 valence electrons. The number of anilines is 2. The third-order valence-corrected chi connectivity index (χ3v) is 4.33. The summed E-state index contributed by atoms with van der Waals surface area (Å²) in [5, 5.41) is 8.40. The lowest BCUT2D eigenvalue weighted by Crippen LogP contribution is -2.22. The van der Waals surface area contributed by atoms with E-state index in [1.165, 1.54) is 0 Å². The lowest BCUT2D eigenvalue weighted by Gasteiger charge is -2.10. The van der Waals surface area contributed by atoms with E-state index in [4.69, 9.17) is 9.47 Å². The van der Waals surface area contributed by atoms with E-state index in [0.29, 0.717) is 24.5 Å². The minimum Gasteiger partial charge on any atom is -0.490 e. The number of hydrogen-bond acceptors (Lipinski definition) is 5. The Bertz CT molecular complexity index is 974. The molecule has 0 aromatic heterocycles. The maximum Gasteiger partial charge on any atom is 0.251 e. The number of carbonyl (C=O) groups is 2. The van der Waals surface area contributed by atoms with Crippen molar-refractivity contribution < 1.29 is 19.1 Å². The fraction of sp³-hybridized carbons (Fsp3) is 0.167. The van der Waals surface area contributed by atoms with E-state index in [-0.39, 0.29) is 18.4 Å². The Morgan fingerprint density at radius 2 is 1.32 bits per heavy atom. The van der Waals surface area contributed by atoms with Gasteiger partial charge >= 0.3 is 0 Å². The van der Waals surface area contributed by atoms with Gasteiger partial charge in [0.15, 0.2) is 0 Å². The van der Waals surface area contributed by atoms with Gasteiger partial charge in [-0.1, -0.05) is 18.2 Å². The van der Waals surface area contributed by atoms with Crippen LogP contribution in [0.1, 0.15) is 10.4 Å². The van der Waals surface area contributed by atoms with Crippen LogP contribution in [0, 0.1) is 0 Å². The first-order valence-electron chi connectivity index (χ1n) is 9.90. The molecule has 3 rings (SSSR count). The van der Waals surface area contributed by atoms with Crippen molar-refractivity contribution in [1.29, 1.82) is 0 Å². The van der Waals surface area contributed by atoms with Crippen LogP contribution < -0.4 is 25.4 Å². The third kappa shape index (κ3) is 7.08. The summed E-state index contributed by atoms with van der Waals surface area (Å²) < 4.78 is 11.2. The first kappa shape index (κ1) is 21.7. The van der Waals surface area contributed by atoms with Gasteiger partial charge in [0.05, 0.1) is 6.54 Å². The molecule has 0 heterocycles. The van der Waals surface area contributed by atoms with Crippen LogP contribution in [0.15, 0.2) is 78.9 Å². The number of ether oxygens (including phenoxy) is 2. The summed E-state index contributed by atoms with van der Waals surface area (Å²) >= 11 is 0. The van der Waals surface area contributed by atoms with Crippen LogP contribution >= 0.6 is 0 Å². The van der Waals surface area contributed by atoms with Gasteiger partial charge in [-0.2, -0.15) is 0 Å². The molecule has 0 atom stereocenters. The predicted octanol–water partition coefficient (Wildman–Crippen LogP) is 3.55. The second kappa shape index (κ2) is 11.3. The van der Waals surface area contributed by atoms with E-state index < -0.39 is 0 Å². The highest BCUT2D eigenvalue weighted by atomic mass is 16.5. The van der Waals surface area contributed by atoms with Gasteiger partial charge in [-0.3, -0.25) is 9.59 Å². The highest BCUT2D eigenvalue weighted by Crippen LogP contribution is 2.16. The Labute approximate surface area is 181 Å². The van der Waals surface area contributed by atoms with Crippen molar-refractivity contribution in [3.8, 4) is 11.5 Å². The molecule has 3 aromatic carbocycles. The largest absolute Gasteiger partial charge is 0.490 e. The maximum absolute atomic E-state index is 12.1. The van der Waals surface area contributed by atoms with Crippen LogP contribution in [0.25, 0.3) is 0 Å². The number of benzene rings is 3. The van der Waals surface area contributed by atoms with Gasteiger partial charge in [0.1, 0.15) is 24.7 Å². The van der Waals surface area contributed by atoms with Crippen molar-refractivity contribution in [2.45, 2.75) is 0 Å². The van der Waals surface area contributed by atoms with Crippen LogP contribution in [0.5, 0.6) is 11.5 Å². The molecule has 0 aliphatic rings. The number of para-hydroxylation sites is 1. The Hall–Kier alpha value is -4.00. The summed E-state index contributed by atoms with van der Waals surface area (Å²) in [5.41, 5.74) is 1.96. The van der Waals surface area contributed by atoms with E-state index in [9.17, 15) is 9.59 Å². The van der Waals surface area contributed by atoms with E-state index >= 15 is 0 Å². The van der Waals surface area contributed by atoms with Gasteiger partial charge in [0.2, 0.25) is 5.91 Å². The van der Waals surface area contributed by atoms with Crippen molar-refractivity contribution in [3.05, 3.63) is 84.4 Å². The van der Waals surface area contributed by atoms with Gasteiger partial charge in [0, 0.05) is 24.0 Å². The van der Waals surface area contributed by atoms with Crippen LogP contribution in [0.4, 0.5) is 11.4 Å².